The lowest BCUT2D eigenvalue weighted by atomic mass is 10.2. The molecular formula is C20H19BrClN3O3S2. The van der Waals surface area contributed by atoms with Gasteiger partial charge in [-0.3, -0.25) is 0 Å². The van der Waals surface area contributed by atoms with Crippen molar-refractivity contribution in [1.82, 2.24) is 9.29 Å². The molecule has 1 aliphatic rings. The Morgan fingerprint density at radius 3 is 2.60 bits per heavy atom. The summed E-state index contributed by atoms with van der Waals surface area (Å²) in [6.07, 6.45) is 0. The second-order valence-corrected chi connectivity index (χ2v) is 10.8. The van der Waals surface area contributed by atoms with E-state index in [4.69, 9.17) is 21.3 Å². The van der Waals surface area contributed by atoms with Crippen LogP contribution in [-0.2, 0) is 10.0 Å². The fourth-order valence-corrected chi connectivity index (χ4v) is 6.59. The Labute approximate surface area is 193 Å². The number of piperazine rings is 1. The molecule has 1 aliphatic heterocycles. The van der Waals surface area contributed by atoms with Gasteiger partial charge in [0.25, 0.3) is 0 Å². The van der Waals surface area contributed by atoms with E-state index in [1.807, 2.05) is 29.6 Å². The lowest BCUT2D eigenvalue weighted by Crippen LogP contribution is -2.48. The Hall–Kier alpha value is -1.65. The van der Waals surface area contributed by atoms with Crippen LogP contribution < -0.4 is 9.64 Å². The molecule has 3 aromatic rings. The molecule has 1 fully saturated rings. The first-order valence-corrected chi connectivity index (χ1v) is 12.7. The van der Waals surface area contributed by atoms with Gasteiger partial charge < -0.3 is 9.64 Å². The molecule has 1 saturated heterocycles. The summed E-state index contributed by atoms with van der Waals surface area (Å²) < 4.78 is 33.5. The zero-order chi connectivity index (χ0) is 21.3. The summed E-state index contributed by atoms with van der Waals surface area (Å²) in [7, 11) is -2.00. The molecule has 10 heteroatoms. The van der Waals surface area contributed by atoms with Crippen LogP contribution in [0.2, 0.25) is 5.02 Å². The number of aromatic nitrogens is 1. The van der Waals surface area contributed by atoms with Crippen molar-refractivity contribution < 1.29 is 13.2 Å². The van der Waals surface area contributed by atoms with Gasteiger partial charge in [-0.1, -0.05) is 39.7 Å². The summed E-state index contributed by atoms with van der Waals surface area (Å²) in [5.74, 6) is 0.785. The number of halogens is 2. The van der Waals surface area contributed by atoms with Gasteiger partial charge in [0.1, 0.15) is 10.6 Å². The molecule has 0 N–H and O–H groups in total. The number of thiazole rings is 1. The highest BCUT2D eigenvalue weighted by molar-refractivity contribution is 9.10. The van der Waals surface area contributed by atoms with E-state index in [0.717, 1.165) is 26.6 Å². The van der Waals surface area contributed by atoms with Crippen molar-refractivity contribution in [3.05, 3.63) is 57.3 Å². The molecule has 6 nitrogen and oxygen atoms in total. The minimum absolute atomic E-state index is 0.135. The van der Waals surface area contributed by atoms with Gasteiger partial charge in [-0.25, -0.2) is 13.4 Å². The average molecular weight is 529 g/mol. The second kappa shape index (κ2) is 8.84. The molecule has 0 aliphatic carbocycles. The first-order chi connectivity index (χ1) is 14.4. The lowest BCUT2D eigenvalue weighted by molar-refractivity contribution is 0.385. The van der Waals surface area contributed by atoms with Gasteiger partial charge in [0.2, 0.25) is 10.0 Å². The Balaban J connectivity index is 1.46. The molecule has 2 aromatic carbocycles. The predicted molar refractivity (Wildman–Crippen MR) is 124 cm³/mol. The minimum Gasteiger partial charge on any atom is -0.497 e. The van der Waals surface area contributed by atoms with Crippen LogP contribution in [-0.4, -0.2) is 51.0 Å². The third kappa shape index (κ3) is 4.36. The Morgan fingerprint density at radius 2 is 1.90 bits per heavy atom. The van der Waals surface area contributed by atoms with E-state index in [1.165, 1.54) is 10.4 Å². The zero-order valence-electron chi connectivity index (χ0n) is 16.1. The quantitative estimate of drug-likeness (QED) is 0.478. The molecule has 0 atom stereocenters. The summed E-state index contributed by atoms with van der Waals surface area (Å²) in [6, 6.07) is 12.6. The van der Waals surface area contributed by atoms with Gasteiger partial charge in [-0.05, 0) is 30.3 Å². The number of sulfonamides is 1. The highest BCUT2D eigenvalue weighted by atomic mass is 79.9. The standard InChI is InChI=1S/C20H19BrClN3O3S2/c1-28-16-4-2-3-14(11-16)18-13-29-20(23-18)24-7-9-25(10-8-24)30(26,27)19-6-5-15(21)12-17(19)22/h2-6,11-13H,7-10H2,1H3. The fraction of sp³-hybridized carbons (Fsp3) is 0.250. The maximum absolute atomic E-state index is 13.0. The van der Waals surface area contributed by atoms with Crippen LogP contribution in [0.1, 0.15) is 0 Å². The van der Waals surface area contributed by atoms with Crippen molar-refractivity contribution in [2.24, 2.45) is 0 Å². The monoisotopic (exact) mass is 527 g/mol. The van der Waals surface area contributed by atoms with Crippen molar-refractivity contribution in [2.45, 2.75) is 4.90 Å². The van der Waals surface area contributed by atoms with E-state index in [9.17, 15) is 8.42 Å². The number of methoxy groups -OCH3 is 1. The molecule has 1 aromatic heterocycles. The fourth-order valence-electron chi connectivity index (χ4n) is 3.27. The maximum atomic E-state index is 13.0. The van der Waals surface area contributed by atoms with E-state index in [2.05, 4.69) is 20.8 Å². The average Bonchev–Trinajstić information content (AvgIpc) is 3.24. The maximum Gasteiger partial charge on any atom is 0.244 e. The molecular weight excluding hydrogens is 510 g/mol. The van der Waals surface area contributed by atoms with E-state index in [1.54, 1.807) is 30.6 Å². The molecule has 4 rings (SSSR count). The van der Waals surface area contributed by atoms with E-state index in [0.29, 0.717) is 26.2 Å². The molecule has 0 radical (unpaired) electrons. The first kappa shape index (κ1) is 21.6. The topological polar surface area (TPSA) is 62.7 Å². The molecule has 2 heterocycles. The van der Waals surface area contributed by atoms with Gasteiger partial charge in [-0.15, -0.1) is 11.3 Å². The number of hydrogen-bond donors (Lipinski definition) is 0. The Morgan fingerprint density at radius 1 is 1.13 bits per heavy atom. The number of nitrogens with zero attached hydrogens (tertiary/aromatic N) is 3. The summed E-state index contributed by atoms with van der Waals surface area (Å²) >= 11 is 11.0. The van der Waals surface area contributed by atoms with E-state index < -0.39 is 10.0 Å². The molecule has 0 unspecified atom stereocenters. The molecule has 0 bridgehead atoms. The van der Waals surface area contributed by atoms with Crippen LogP contribution in [0.3, 0.4) is 0 Å². The van der Waals surface area contributed by atoms with Gasteiger partial charge in [0, 0.05) is 41.6 Å². The largest absolute Gasteiger partial charge is 0.497 e. The molecule has 0 saturated carbocycles. The molecule has 30 heavy (non-hydrogen) atoms. The van der Waals surface area contributed by atoms with Crippen molar-refractivity contribution in [3.8, 4) is 17.0 Å². The van der Waals surface area contributed by atoms with Crippen LogP contribution in [0.4, 0.5) is 5.13 Å². The number of benzene rings is 2. The minimum atomic E-state index is -3.64. The summed E-state index contributed by atoms with van der Waals surface area (Å²) in [5.41, 5.74) is 1.87. The summed E-state index contributed by atoms with van der Waals surface area (Å²) in [5, 5.41) is 3.11. The normalized spacial score (nSPS) is 15.4. The van der Waals surface area contributed by atoms with Crippen LogP contribution >= 0.6 is 38.9 Å². The number of hydrogen-bond acceptors (Lipinski definition) is 6. The number of ether oxygens (including phenoxy) is 1. The van der Waals surface area contributed by atoms with Crippen molar-refractivity contribution in [2.75, 3.05) is 38.2 Å². The van der Waals surface area contributed by atoms with Gasteiger partial charge in [-0.2, -0.15) is 4.31 Å². The van der Waals surface area contributed by atoms with Crippen LogP contribution in [0.25, 0.3) is 11.3 Å². The van der Waals surface area contributed by atoms with Crippen molar-refractivity contribution >= 4 is 54.0 Å². The number of anilines is 1. The molecule has 0 spiro atoms. The van der Waals surface area contributed by atoms with Gasteiger partial charge in [0.15, 0.2) is 5.13 Å². The molecule has 0 amide bonds. The van der Waals surface area contributed by atoms with Crippen LogP contribution in [0.15, 0.2) is 57.2 Å². The van der Waals surface area contributed by atoms with Gasteiger partial charge >= 0.3 is 0 Å². The van der Waals surface area contributed by atoms with Crippen molar-refractivity contribution in [1.29, 1.82) is 0 Å². The lowest BCUT2D eigenvalue weighted by Gasteiger charge is -2.33. The zero-order valence-corrected chi connectivity index (χ0v) is 20.1. The Kier molecular flexibility index (Phi) is 6.36. The van der Waals surface area contributed by atoms with Gasteiger partial charge in [0.05, 0.1) is 17.8 Å². The number of rotatable bonds is 5. The Bertz CT molecular complexity index is 1160. The van der Waals surface area contributed by atoms with Crippen molar-refractivity contribution in [3.63, 3.8) is 0 Å². The smallest absolute Gasteiger partial charge is 0.244 e. The SMILES string of the molecule is COc1cccc(-c2csc(N3CCN(S(=O)(=O)c4ccc(Br)cc4Cl)CC3)n2)c1. The molecule has 158 valence electrons. The van der Waals surface area contributed by atoms with E-state index in [-0.39, 0.29) is 9.92 Å². The summed E-state index contributed by atoms with van der Waals surface area (Å²) in [6.45, 7) is 1.89. The summed E-state index contributed by atoms with van der Waals surface area (Å²) in [4.78, 5) is 6.99. The van der Waals surface area contributed by atoms with Crippen LogP contribution in [0, 0.1) is 0 Å². The highest BCUT2D eigenvalue weighted by Crippen LogP contribution is 2.32. The first-order valence-electron chi connectivity index (χ1n) is 9.18. The van der Waals surface area contributed by atoms with E-state index >= 15 is 0 Å². The third-order valence-corrected chi connectivity index (χ3v) is 8.65. The third-order valence-electron chi connectivity index (χ3n) is 4.88. The predicted octanol–water partition coefficient (Wildman–Crippen LogP) is 4.75. The van der Waals surface area contributed by atoms with Crippen LogP contribution in [0.5, 0.6) is 5.75 Å². The highest BCUT2D eigenvalue weighted by Gasteiger charge is 2.31. The second-order valence-electron chi connectivity index (χ2n) is 6.71.